The Labute approximate surface area is 111 Å². The van der Waals surface area contributed by atoms with Gasteiger partial charge in [0, 0.05) is 37.4 Å². The van der Waals surface area contributed by atoms with Crippen LogP contribution in [-0.2, 0) is 11.3 Å². The van der Waals surface area contributed by atoms with Crippen molar-refractivity contribution in [3.63, 3.8) is 0 Å². The van der Waals surface area contributed by atoms with E-state index in [4.69, 9.17) is 4.74 Å². The molecule has 0 aliphatic rings. The molecule has 96 valence electrons. The van der Waals surface area contributed by atoms with Crippen molar-refractivity contribution in [3.05, 3.63) is 22.4 Å². The van der Waals surface area contributed by atoms with E-state index >= 15 is 0 Å². The lowest BCUT2D eigenvalue weighted by Gasteiger charge is -2.21. The van der Waals surface area contributed by atoms with Crippen molar-refractivity contribution in [2.45, 2.75) is 20.4 Å². The first-order chi connectivity index (χ1) is 8.13. The first-order valence-electron chi connectivity index (χ1n) is 5.77. The molecule has 0 saturated heterocycles. The smallest absolute Gasteiger partial charge is 0.270 e. The van der Waals surface area contributed by atoms with Crippen LogP contribution in [-0.4, -0.2) is 42.2 Å². The number of hydrogen-bond donors (Lipinski definition) is 0. The summed E-state index contributed by atoms with van der Waals surface area (Å²) in [6, 6.07) is 1.86. The fourth-order valence-electron chi connectivity index (χ4n) is 1.68. The number of amides is 1. The summed E-state index contributed by atoms with van der Waals surface area (Å²) in [6.07, 6.45) is 1.93. The highest BCUT2D eigenvalue weighted by molar-refractivity contribution is 9.10. The molecule has 4 nitrogen and oxygen atoms in total. The molecule has 0 atom stereocenters. The lowest BCUT2D eigenvalue weighted by atomic mass is 10.3. The van der Waals surface area contributed by atoms with Gasteiger partial charge < -0.3 is 14.2 Å². The molecule has 0 spiro atoms. The highest BCUT2D eigenvalue weighted by Gasteiger charge is 2.18. The number of halogens is 1. The molecule has 0 aromatic carbocycles. The molecule has 1 aromatic heterocycles. The molecule has 1 rings (SSSR count). The lowest BCUT2D eigenvalue weighted by molar-refractivity contribution is 0.0696. The summed E-state index contributed by atoms with van der Waals surface area (Å²) in [5.41, 5.74) is 0.720. The van der Waals surface area contributed by atoms with Crippen LogP contribution < -0.4 is 0 Å². The zero-order chi connectivity index (χ0) is 12.8. The predicted molar refractivity (Wildman–Crippen MR) is 71.3 cm³/mol. The number of carbonyl (C=O) groups is 1. The van der Waals surface area contributed by atoms with Gasteiger partial charge in [-0.25, -0.2) is 0 Å². The van der Waals surface area contributed by atoms with Crippen molar-refractivity contribution < 1.29 is 9.53 Å². The van der Waals surface area contributed by atoms with E-state index in [1.54, 1.807) is 12.0 Å². The molecule has 0 fully saturated rings. The minimum atomic E-state index is 0.0529. The summed E-state index contributed by atoms with van der Waals surface area (Å²) in [5, 5.41) is 0. The second-order valence-corrected chi connectivity index (χ2v) is 4.62. The van der Waals surface area contributed by atoms with Crippen molar-refractivity contribution in [1.29, 1.82) is 0 Å². The Hall–Kier alpha value is -0.810. The van der Waals surface area contributed by atoms with Crippen molar-refractivity contribution in [1.82, 2.24) is 9.47 Å². The first kappa shape index (κ1) is 14.3. The number of rotatable bonds is 6. The standard InChI is InChI=1S/C12H19BrN2O2/c1-4-14(6-7-17-3)12(16)11-8-10(13)9-15(11)5-2/h8-9H,4-7H2,1-3H3. The molecular weight excluding hydrogens is 284 g/mol. The topological polar surface area (TPSA) is 34.5 Å². The summed E-state index contributed by atoms with van der Waals surface area (Å²) >= 11 is 3.40. The second kappa shape index (κ2) is 6.81. The van der Waals surface area contributed by atoms with E-state index in [1.807, 2.05) is 30.7 Å². The number of methoxy groups -OCH3 is 1. The van der Waals surface area contributed by atoms with Crippen LogP contribution in [0.1, 0.15) is 24.3 Å². The Morgan fingerprint density at radius 3 is 2.76 bits per heavy atom. The van der Waals surface area contributed by atoms with Crippen LogP contribution in [0, 0.1) is 0 Å². The minimum Gasteiger partial charge on any atom is -0.383 e. The highest BCUT2D eigenvalue weighted by Crippen LogP contribution is 2.16. The normalized spacial score (nSPS) is 10.6. The van der Waals surface area contributed by atoms with Crippen molar-refractivity contribution in [2.24, 2.45) is 0 Å². The predicted octanol–water partition coefficient (Wildman–Crippen LogP) is 2.38. The molecule has 0 bridgehead atoms. The van der Waals surface area contributed by atoms with Gasteiger partial charge in [0.15, 0.2) is 0 Å². The first-order valence-corrected chi connectivity index (χ1v) is 6.57. The molecule has 0 aliphatic heterocycles. The molecule has 0 radical (unpaired) electrons. The van der Waals surface area contributed by atoms with Crippen LogP contribution in [0.4, 0.5) is 0 Å². The summed E-state index contributed by atoms with van der Waals surface area (Å²) in [6.45, 7) is 6.66. The van der Waals surface area contributed by atoms with Gasteiger partial charge in [0.25, 0.3) is 5.91 Å². The van der Waals surface area contributed by atoms with E-state index in [0.29, 0.717) is 19.7 Å². The molecule has 0 N–H and O–H groups in total. The van der Waals surface area contributed by atoms with Gasteiger partial charge >= 0.3 is 0 Å². The van der Waals surface area contributed by atoms with Crippen molar-refractivity contribution >= 4 is 21.8 Å². The van der Waals surface area contributed by atoms with E-state index in [0.717, 1.165) is 16.7 Å². The SMILES string of the molecule is CCN(CCOC)C(=O)c1cc(Br)cn1CC. The zero-order valence-corrected chi connectivity index (χ0v) is 12.2. The Bertz CT molecular complexity index is 377. The van der Waals surface area contributed by atoms with Gasteiger partial charge in [-0.3, -0.25) is 4.79 Å². The number of hydrogen-bond acceptors (Lipinski definition) is 2. The lowest BCUT2D eigenvalue weighted by Crippen LogP contribution is -2.34. The van der Waals surface area contributed by atoms with Crippen LogP contribution in [0.3, 0.4) is 0 Å². The van der Waals surface area contributed by atoms with Gasteiger partial charge in [0.05, 0.1) is 6.61 Å². The Balaban J connectivity index is 2.85. The number of carbonyl (C=O) groups excluding carboxylic acids is 1. The van der Waals surface area contributed by atoms with Crippen LogP contribution in [0.25, 0.3) is 0 Å². The van der Waals surface area contributed by atoms with Crippen molar-refractivity contribution in [3.8, 4) is 0 Å². The molecule has 17 heavy (non-hydrogen) atoms. The van der Waals surface area contributed by atoms with Gasteiger partial charge in [0.1, 0.15) is 5.69 Å². The van der Waals surface area contributed by atoms with E-state index in [-0.39, 0.29) is 5.91 Å². The van der Waals surface area contributed by atoms with Crippen LogP contribution >= 0.6 is 15.9 Å². The second-order valence-electron chi connectivity index (χ2n) is 3.71. The third kappa shape index (κ3) is 3.57. The monoisotopic (exact) mass is 302 g/mol. The van der Waals surface area contributed by atoms with E-state index < -0.39 is 0 Å². The quantitative estimate of drug-likeness (QED) is 0.808. The van der Waals surface area contributed by atoms with E-state index in [9.17, 15) is 4.79 Å². The summed E-state index contributed by atoms with van der Waals surface area (Å²) in [7, 11) is 1.64. The maximum absolute atomic E-state index is 12.3. The van der Waals surface area contributed by atoms with Gasteiger partial charge in [-0.2, -0.15) is 0 Å². The third-order valence-corrected chi connectivity index (χ3v) is 3.09. The Morgan fingerprint density at radius 1 is 1.53 bits per heavy atom. The molecule has 1 amide bonds. The Kier molecular flexibility index (Phi) is 5.71. The van der Waals surface area contributed by atoms with Crippen molar-refractivity contribution in [2.75, 3.05) is 26.8 Å². The highest BCUT2D eigenvalue weighted by atomic mass is 79.9. The zero-order valence-electron chi connectivity index (χ0n) is 10.6. The number of aromatic nitrogens is 1. The summed E-state index contributed by atoms with van der Waals surface area (Å²) < 4.78 is 7.89. The van der Waals surface area contributed by atoms with Gasteiger partial charge in [-0.05, 0) is 35.8 Å². The van der Waals surface area contributed by atoms with Gasteiger partial charge in [0.2, 0.25) is 0 Å². The van der Waals surface area contributed by atoms with E-state index in [2.05, 4.69) is 15.9 Å². The average molecular weight is 303 g/mol. The summed E-state index contributed by atoms with van der Waals surface area (Å²) in [4.78, 5) is 14.1. The summed E-state index contributed by atoms with van der Waals surface area (Å²) in [5.74, 6) is 0.0529. The number of aryl methyl sites for hydroxylation is 1. The molecular formula is C12H19BrN2O2. The molecule has 5 heteroatoms. The number of nitrogens with zero attached hydrogens (tertiary/aromatic N) is 2. The fourth-order valence-corrected chi connectivity index (χ4v) is 2.15. The maximum atomic E-state index is 12.3. The molecule has 0 unspecified atom stereocenters. The third-order valence-electron chi connectivity index (χ3n) is 2.66. The maximum Gasteiger partial charge on any atom is 0.270 e. The molecule has 1 heterocycles. The Morgan fingerprint density at radius 2 is 2.24 bits per heavy atom. The number of likely N-dealkylation sites (N-methyl/N-ethyl adjacent to an activating group) is 1. The molecule has 0 aliphatic carbocycles. The van der Waals surface area contributed by atoms with Crippen LogP contribution in [0.5, 0.6) is 0 Å². The molecule has 0 saturated carbocycles. The van der Waals surface area contributed by atoms with Crippen LogP contribution in [0.15, 0.2) is 16.7 Å². The van der Waals surface area contributed by atoms with Gasteiger partial charge in [-0.1, -0.05) is 0 Å². The average Bonchev–Trinajstić information content (AvgIpc) is 2.71. The van der Waals surface area contributed by atoms with E-state index in [1.165, 1.54) is 0 Å². The largest absolute Gasteiger partial charge is 0.383 e. The van der Waals surface area contributed by atoms with Gasteiger partial charge in [-0.15, -0.1) is 0 Å². The number of ether oxygens (including phenoxy) is 1. The minimum absolute atomic E-state index is 0.0529. The molecule has 1 aromatic rings. The van der Waals surface area contributed by atoms with Crippen LogP contribution in [0.2, 0.25) is 0 Å². The fraction of sp³-hybridized carbons (Fsp3) is 0.583.